The van der Waals surface area contributed by atoms with E-state index in [1.807, 2.05) is 44.2 Å². The number of rotatable bonds is 7. The largest absolute Gasteiger partial charge is 0.491 e. The molecule has 1 heterocycles. The van der Waals surface area contributed by atoms with E-state index in [0.717, 1.165) is 23.7 Å². The zero-order valence-electron chi connectivity index (χ0n) is 12.4. The lowest BCUT2D eigenvalue weighted by Gasteiger charge is -2.14. The van der Waals surface area contributed by atoms with Crippen molar-refractivity contribution >= 4 is 5.82 Å². The Hall–Kier alpha value is -2.14. The molecule has 0 saturated heterocycles. The Bertz CT molecular complexity index is 558. The van der Waals surface area contributed by atoms with Crippen molar-refractivity contribution in [2.45, 2.75) is 26.4 Å². The van der Waals surface area contributed by atoms with Crippen molar-refractivity contribution in [2.75, 3.05) is 18.5 Å². The molecule has 0 bridgehead atoms. The first kappa shape index (κ1) is 15.3. The maximum Gasteiger partial charge on any atom is 0.129 e. The summed E-state index contributed by atoms with van der Waals surface area (Å²) in [5, 5.41) is 13.0. The molecule has 5 nitrogen and oxygen atoms in total. The highest BCUT2D eigenvalue weighted by molar-refractivity contribution is 5.34. The van der Waals surface area contributed by atoms with Crippen LogP contribution >= 0.6 is 0 Å². The van der Waals surface area contributed by atoms with E-state index in [-0.39, 0.29) is 6.61 Å². The normalized spacial score (nSPS) is 12.0. The Morgan fingerprint density at radius 3 is 2.71 bits per heavy atom. The fourth-order valence-electron chi connectivity index (χ4n) is 1.80. The molecule has 2 N–H and O–H groups in total. The Balaban J connectivity index is 1.76. The predicted octanol–water partition coefficient (Wildman–Crippen LogP) is 2.20. The standard InChI is InChI=1S/C16H21N3O2/c1-3-13-8-16(19-11-18-13)17-9-14(20)10-21-15-6-4-12(2)5-7-15/h4-8,11,14,20H,3,9-10H2,1-2H3,(H,17,18,19)/t14-/m0/s1. The van der Waals surface area contributed by atoms with Gasteiger partial charge < -0.3 is 15.2 Å². The zero-order valence-corrected chi connectivity index (χ0v) is 12.4. The van der Waals surface area contributed by atoms with E-state index >= 15 is 0 Å². The second-order valence-corrected chi connectivity index (χ2v) is 4.91. The van der Waals surface area contributed by atoms with Gasteiger partial charge in [-0.3, -0.25) is 0 Å². The van der Waals surface area contributed by atoms with Crippen molar-refractivity contribution in [3.63, 3.8) is 0 Å². The third kappa shape index (κ3) is 5.04. The van der Waals surface area contributed by atoms with E-state index in [4.69, 9.17) is 4.74 Å². The number of hydrogen-bond donors (Lipinski definition) is 2. The number of benzene rings is 1. The van der Waals surface area contributed by atoms with Gasteiger partial charge in [-0.2, -0.15) is 0 Å². The first-order chi connectivity index (χ1) is 10.2. The van der Waals surface area contributed by atoms with Crippen LogP contribution in [0.1, 0.15) is 18.2 Å². The fraction of sp³-hybridized carbons (Fsp3) is 0.375. The molecule has 2 rings (SSSR count). The summed E-state index contributed by atoms with van der Waals surface area (Å²) in [6.45, 7) is 4.68. The third-order valence-corrected chi connectivity index (χ3v) is 3.07. The average Bonchev–Trinajstić information content (AvgIpc) is 2.52. The van der Waals surface area contributed by atoms with Crippen LogP contribution in [0.25, 0.3) is 0 Å². The number of aliphatic hydroxyl groups is 1. The van der Waals surface area contributed by atoms with Crippen LogP contribution in [0.5, 0.6) is 5.75 Å². The molecule has 0 aliphatic rings. The second kappa shape index (κ2) is 7.59. The van der Waals surface area contributed by atoms with Crippen LogP contribution in [0.4, 0.5) is 5.82 Å². The molecule has 0 saturated carbocycles. The van der Waals surface area contributed by atoms with E-state index in [2.05, 4.69) is 15.3 Å². The molecule has 21 heavy (non-hydrogen) atoms. The minimum Gasteiger partial charge on any atom is -0.491 e. The Labute approximate surface area is 125 Å². The van der Waals surface area contributed by atoms with Crippen molar-refractivity contribution in [1.29, 1.82) is 0 Å². The quantitative estimate of drug-likeness (QED) is 0.817. The maximum atomic E-state index is 9.92. The van der Waals surface area contributed by atoms with Crippen LogP contribution in [0.15, 0.2) is 36.7 Å². The fourth-order valence-corrected chi connectivity index (χ4v) is 1.80. The van der Waals surface area contributed by atoms with Gasteiger partial charge >= 0.3 is 0 Å². The lowest BCUT2D eigenvalue weighted by molar-refractivity contribution is 0.117. The highest BCUT2D eigenvalue weighted by Gasteiger charge is 2.06. The van der Waals surface area contributed by atoms with E-state index in [9.17, 15) is 5.11 Å². The highest BCUT2D eigenvalue weighted by atomic mass is 16.5. The van der Waals surface area contributed by atoms with Gasteiger partial charge in [0.25, 0.3) is 0 Å². The summed E-state index contributed by atoms with van der Waals surface area (Å²) in [5.74, 6) is 1.48. The van der Waals surface area contributed by atoms with Crippen molar-refractivity contribution in [3.05, 3.63) is 47.9 Å². The Morgan fingerprint density at radius 2 is 2.00 bits per heavy atom. The van der Waals surface area contributed by atoms with Gasteiger partial charge in [-0.1, -0.05) is 24.6 Å². The molecule has 0 aliphatic heterocycles. The molecule has 0 unspecified atom stereocenters. The summed E-state index contributed by atoms with van der Waals surface area (Å²) in [7, 11) is 0. The monoisotopic (exact) mass is 287 g/mol. The van der Waals surface area contributed by atoms with Gasteiger partial charge in [0.05, 0.1) is 0 Å². The molecule has 0 aliphatic carbocycles. The molecule has 0 amide bonds. The summed E-state index contributed by atoms with van der Waals surface area (Å²) in [5.41, 5.74) is 2.15. The SMILES string of the molecule is CCc1cc(NC[C@H](O)COc2ccc(C)cc2)ncn1. The van der Waals surface area contributed by atoms with Gasteiger partial charge in [0, 0.05) is 18.3 Å². The lowest BCUT2D eigenvalue weighted by atomic mass is 10.2. The van der Waals surface area contributed by atoms with Crippen LogP contribution in [0.2, 0.25) is 0 Å². The third-order valence-electron chi connectivity index (χ3n) is 3.07. The molecule has 0 fully saturated rings. The molecular formula is C16H21N3O2. The maximum absolute atomic E-state index is 9.92. The molecule has 112 valence electrons. The first-order valence-corrected chi connectivity index (χ1v) is 7.09. The smallest absolute Gasteiger partial charge is 0.129 e. The summed E-state index contributed by atoms with van der Waals surface area (Å²) in [6, 6.07) is 9.63. The topological polar surface area (TPSA) is 67.3 Å². The predicted molar refractivity (Wildman–Crippen MR) is 82.6 cm³/mol. The number of anilines is 1. The number of nitrogens with one attached hydrogen (secondary N) is 1. The zero-order chi connectivity index (χ0) is 15.1. The van der Waals surface area contributed by atoms with E-state index in [0.29, 0.717) is 6.54 Å². The highest BCUT2D eigenvalue weighted by Crippen LogP contribution is 2.11. The summed E-state index contributed by atoms with van der Waals surface area (Å²) in [6.07, 6.45) is 1.78. The lowest BCUT2D eigenvalue weighted by Crippen LogP contribution is -2.26. The minimum absolute atomic E-state index is 0.238. The molecule has 0 radical (unpaired) electrons. The van der Waals surface area contributed by atoms with Crippen molar-refractivity contribution < 1.29 is 9.84 Å². The van der Waals surface area contributed by atoms with Gasteiger partial charge in [-0.05, 0) is 25.5 Å². The Morgan fingerprint density at radius 1 is 1.24 bits per heavy atom. The summed E-state index contributed by atoms with van der Waals surface area (Å²) in [4.78, 5) is 8.24. The van der Waals surface area contributed by atoms with Crippen LogP contribution in [0.3, 0.4) is 0 Å². The van der Waals surface area contributed by atoms with Gasteiger partial charge in [-0.15, -0.1) is 0 Å². The molecule has 2 aromatic rings. The molecule has 1 aromatic heterocycles. The van der Waals surface area contributed by atoms with Crippen LogP contribution in [0, 0.1) is 6.92 Å². The number of hydrogen-bond acceptors (Lipinski definition) is 5. The van der Waals surface area contributed by atoms with Gasteiger partial charge in [-0.25, -0.2) is 9.97 Å². The van der Waals surface area contributed by atoms with Gasteiger partial charge in [0.1, 0.15) is 30.6 Å². The van der Waals surface area contributed by atoms with Gasteiger partial charge in [0.2, 0.25) is 0 Å². The minimum atomic E-state index is -0.605. The molecular weight excluding hydrogens is 266 g/mol. The van der Waals surface area contributed by atoms with Crippen LogP contribution < -0.4 is 10.1 Å². The van der Waals surface area contributed by atoms with E-state index in [1.54, 1.807) is 0 Å². The van der Waals surface area contributed by atoms with Crippen molar-refractivity contribution in [2.24, 2.45) is 0 Å². The first-order valence-electron chi connectivity index (χ1n) is 7.09. The van der Waals surface area contributed by atoms with Crippen molar-refractivity contribution in [1.82, 2.24) is 9.97 Å². The van der Waals surface area contributed by atoms with Gasteiger partial charge in [0.15, 0.2) is 0 Å². The molecule has 5 heteroatoms. The van der Waals surface area contributed by atoms with E-state index < -0.39 is 6.10 Å². The van der Waals surface area contributed by atoms with E-state index in [1.165, 1.54) is 11.9 Å². The number of aromatic nitrogens is 2. The summed E-state index contributed by atoms with van der Waals surface area (Å²) >= 11 is 0. The van der Waals surface area contributed by atoms with Crippen LogP contribution in [-0.4, -0.2) is 34.3 Å². The number of nitrogens with zero attached hydrogens (tertiary/aromatic N) is 2. The second-order valence-electron chi connectivity index (χ2n) is 4.91. The molecule has 0 spiro atoms. The molecule has 1 aromatic carbocycles. The number of aliphatic hydroxyl groups excluding tert-OH is 1. The van der Waals surface area contributed by atoms with Crippen molar-refractivity contribution in [3.8, 4) is 5.75 Å². The number of ether oxygens (including phenoxy) is 1. The molecule has 1 atom stereocenters. The number of aryl methyl sites for hydroxylation is 2. The summed E-state index contributed by atoms with van der Waals surface area (Å²) < 4.78 is 5.53. The Kier molecular flexibility index (Phi) is 5.51. The van der Waals surface area contributed by atoms with Crippen LogP contribution in [-0.2, 0) is 6.42 Å². The average molecular weight is 287 g/mol.